The molecule has 4 nitrogen and oxygen atoms in total. The summed E-state index contributed by atoms with van der Waals surface area (Å²) in [6.45, 7) is 1.42. The topological polar surface area (TPSA) is 48.5 Å². The van der Waals surface area contributed by atoms with Gasteiger partial charge in [0, 0.05) is 11.9 Å². The van der Waals surface area contributed by atoms with Crippen molar-refractivity contribution >= 4 is 0 Å². The molecule has 1 unspecified atom stereocenters. The number of hydrogen-bond donors (Lipinski definition) is 2. The van der Waals surface area contributed by atoms with Crippen molar-refractivity contribution in [2.24, 2.45) is 5.41 Å². The van der Waals surface area contributed by atoms with Gasteiger partial charge in [-0.15, -0.1) is 0 Å². The van der Waals surface area contributed by atoms with Crippen LogP contribution in [-0.4, -0.2) is 48.9 Å². The minimum absolute atomic E-state index is 0.144. The summed E-state index contributed by atoms with van der Waals surface area (Å²) in [4.78, 5) is 5.35. The highest BCUT2D eigenvalue weighted by molar-refractivity contribution is 5.15. The normalized spacial score (nSPS) is 21.3. The summed E-state index contributed by atoms with van der Waals surface area (Å²) >= 11 is 0. The minimum Gasteiger partial charge on any atom is -0.396 e. The van der Waals surface area contributed by atoms with E-state index >= 15 is 0 Å². The van der Waals surface area contributed by atoms with Gasteiger partial charge in [-0.3, -0.25) is 0 Å². The van der Waals surface area contributed by atoms with Gasteiger partial charge in [0.05, 0.1) is 31.3 Å². The molecule has 1 saturated heterocycles. The fourth-order valence-corrected chi connectivity index (χ4v) is 2.37. The Labute approximate surface area is 89.9 Å². The van der Waals surface area contributed by atoms with E-state index < -0.39 is 0 Å². The number of nitrogens with zero attached hydrogens (tertiary/aromatic N) is 1. The lowest BCUT2D eigenvalue weighted by Gasteiger charge is -2.48. The van der Waals surface area contributed by atoms with Crippen molar-refractivity contribution in [3.8, 4) is 0 Å². The van der Waals surface area contributed by atoms with Crippen LogP contribution in [0.2, 0.25) is 0 Å². The van der Waals surface area contributed by atoms with Gasteiger partial charge < -0.3 is 19.7 Å². The van der Waals surface area contributed by atoms with Gasteiger partial charge in [-0.1, -0.05) is 0 Å². The average Bonchev–Trinajstić information content (AvgIpc) is 2.62. The lowest BCUT2D eigenvalue weighted by atomic mass is 9.77. The van der Waals surface area contributed by atoms with Crippen LogP contribution in [0.15, 0.2) is 18.3 Å². The average molecular weight is 210 g/mol. The molecule has 0 aliphatic carbocycles. The van der Waals surface area contributed by atoms with E-state index in [1.165, 1.54) is 0 Å². The molecule has 0 radical (unpaired) electrons. The standard InChI is InChI=1S/C11H18N2O2/c1-13(2)10(9-4-3-5-12-9)11(6-14)7-15-8-11/h3-5,10,12,14H,6-8H2,1-2H3. The second kappa shape index (κ2) is 3.96. The van der Waals surface area contributed by atoms with Gasteiger partial charge in [-0.2, -0.15) is 0 Å². The summed E-state index contributed by atoms with van der Waals surface area (Å²) in [6, 6.07) is 4.22. The maximum atomic E-state index is 9.53. The third-order valence-electron chi connectivity index (χ3n) is 3.11. The third kappa shape index (κ3) is 1.69. The van der Waals surface area contributed by atoms with E-state index in [0.29, 0.717) is 13.2 Å². The van der Waals surface area contributed by atoms with Crippen LogP contribution in [0.4, 0.5) is 0 Å². The van der Waals surface area contributed by atoms with Crippen LogP contribution in [0, 0.1) is 5.41 Å². The molecule has 1 atom stereocenters. The molecular weight excluding hydrogens is 192 g/mol. The van der Waals surface area contributed by atoms with E-state index in [1.807, 2.05) is 26.4 Å². The van der Waals surface area contributed by atoms with Gasteiger partial charge in [0.15, 0.2) is 0 Å². The molecule has 2 heterocycles. The first-order chi connectivity index (χ1) is 7.19. The fourth-order valence-electron chi connectivity index (χ4n) is 2.37. The van der Waals surface area contributed by atoms with Crippen LogP contribution in [0.25, 0.3) is 0 Å². The first-order valence-electron chi connectivity index (χ1n) is 5.18. The SMILES string of the molecule is CN(C)C(c1ccc[nH]1)C1(CO)COC1. The minimum atomic E-state index is -0.144. The Morgan fingerprint density at radius 2 is 2.33 bits per heavy atom. The molecular formula is C11H18N2O2. The van der Waals surface area contributed by atoms with Crippen molar-refractivity contribution in [2.45, 2.75) is 6.04 Å². The van der Waals surface area contributed by atoms with E-state index in [-0.39, 0.29) is 18.1 Å². The first-order valence-corrected chi connectivity index (χ1v) is 5.18. The molecule has 15 heavy (non-hydrogen) atoms. The maximum Gasteiger partial charge on any atom is 0.0616 e. The Morgan fingerprint density at radius 1 is 1.60 bits per heavy atom. The number of aromatic amines is 1. The van der Waals surface area contributed by atoms with Crippen molar-refractivity contribution in [1.82, 2.24) is 9.88 Å². The summed E-state index contributed by atoms with van der Waals surface area (Å²) in [6.07, 6.45) is 1.91. The Bertz CT molecular complexity index is 299. The Hall–Kier alpha value is -0.840. The number of aliphatic hydroxyl groups is 1. The molecule has 2 rings (SSSR count). The largest absolute Gasteiger partial charge is 0.396 e. The number of aromatic nitrogens is 1. The van der Waals surface area contributed by atoms with Gasteiger partial charge in [0.2, 0.25) is 0 Å². The van der Waals surface area contributed by atoms with Gasteiger partial charge >= 0.3 is 0 Å². The molecule has 84 valence electrons. The molecule has 1 aromatic rings. The summed E-state index contributed by atoms with van der Waals surface area (Å²) < 4.78 is 5.26. The monoisotopic (exact) mass is 210 g/mol. The molecule has 1 aromatic heterocycles. The lowest BCUT2D eigenvalue weighted by molar-refractivity contribution is -0.172. The molecule has 2 N–H and O–H groups in total. The van der Waals surface area contributed by atoms with Crippen molar-refractivity contribution < 1.29 is 9.84 Å². The highest BCUT2D eigenvalue weighted by atomic mass is 16.5. The lowest BCUT2D eigenvalue weighted by Crippen LogP contribution is -2.54. The molecule has 0 aromatic carbocycles. The zero-order valence-electron chi connectivity index (χ0n) is 9.23. The molecule has 0 bridgehead atoms. The van der Waals surface area contributed by atoms with Crippen LogP contribution >= 0.6 is 0 Å². The van der Waals surface area contributed by atoms with E-state index in [1.54, 1.807) is 0 Å². The van der Waals surface area contributed by atoms with E-state index in [2.05, 4.69) is 16.0 Å². The predicted octanol–water partition coefficient (Wildman–Crippen LogP) is 0.626. The van der Waals surface area contributed by atoms with Crippen molar-refractivity contribution in [2.75, 3.05) is 33.9 Å². The van der Waals surface area contributed by atoms with Gasteiger partial charge in [0.25, 0.3) is 0 Å². The van der Waals surface area contributed by atoms with Crippen molar-refractivity contribution in [3.63, 3.8) is 0 Å². The molecule has 1 aliphatic rings. The Morgan fingerprint density at radius 3 is 2.67 bits per heavy atom. The van der Waals surface area contributed by atoms with Crippen LogP contribution in [0.5, 0.6) is 0 Å². The number of ether oxygens (including phenoxy) is 1. The third-order valence-corrected chi connectivity index (χ3v) is 3.11. The molecule has 0 spiro atoms. The number of rotatable bonds is 4. The van der Waals surface area contributed by atoms with Crippen LogP contribution in [-0.2, 0) is 4.74 Å². The van der Waals surface area contributed by atoms with Gasteiger partial charge in [-0.25, -0.2) is 0 Å². The highest BCUT2D eigenvalue weighted by Crippen LogP contribution is 2.42. The first kappa shape index (κ1) is 10.7. The quantitative estimate of drug-likeness (QED) is 0.766. The zero-order chi connectivity index (χ0) is 10.9. The summed E-state index contributed by atoms with van der Waals surface area (Å²) in [5.74, 6) is 0. The van der Waals surface area contributed by atoms with E-state index in [9.17, 15) is 5.11 Å². The van der Waals surface area contributed by atoms with Gasteiger partial charge in [0.1, 0.15) is 0 Å². The summed E-state index contributed by atoms with van der Waals surface area (Å²) in [7, 11) is 4.06. The van der Waals surface area contributed by atoms with E-state index in [4.69, 9.17) is 4.74 Å². The predicted molar refractivity (Wildman–Crippen MR) is 57.6 cm³/mol. The van der Waals surface area contributed by atoms with Crippen molar-refractivity contribution in [1.29, 1.82) is 0 Å². The molecule has 4 heteroatoms. The van der Waals surface area contributed by atoms with Gasteiger partial charge in [-0.05, 0) is 26.2 Å². The summed E-state index contributed by atoms with van der Waals surface area (Å²) in [5.41, 5.74) is 0.992. The number of H-pyrrole nitrogens is 1. The molecule has 0 saturated carbocycles. The van der Waals surface area contributed by atoms with Crippen molar-refractivity contribution in [3.05, 3.63) is 24.0 Å². The molecule has 1 aliphatic heterocycles. The number of nitrogens with one attached hydrogen (secondary N) is 1. The Kier molecular flexibility index (Phi) is 2.82. The van der Waals surface area contributed by atoms with Crippen LogP contribution < -0.4 is 0 Å². The van der Waals surface area contributed by atoms with Crippen LogP contribution in [0.3, 0.4) is 0 Å². The second-order valence-corrected chi connectivity index (χ2v) is 4.50. The number of aliphatic hydroxyl groups excluding tert-OH is 1. The highest BCUT2D eigenvalue weighted by Gasteiger charge is 2.47. The second-order valence-electron chi connectivity index (χ2n) is 4.50. The van der Waals surface area contributed by atoms with E-state index in [0.717, 1.165) is 5.69 Å². The number of hydrogen-bond acceptors (Lipinski definition) is 3. The van der Waals surface area contributed by atoms with Crippen LogP contribution in [0.1, 0.15) is 11.7 Å². The zero-order valence-corrected chi connectivity index (χ0v) is 9.23. The smallest absolute Gasteiger partial charge is 0.0616 e. The molecule has 0 amide bonds. The Balaban J connectivity index is 2.27. The summed E-state index contributed by atoms with van der Waals surface area (Å²) in [5, 5.41) is 9.53. The fraction of sp³-hybridized carbons (Fsp3) is 0.636. The maximum absolute atomic E-state index is 9.53. The molecule has 1 fully saturated rings.